The minimum atomic E-state index is -0.341. The summed E-state index contributed by atoms with van der Waals surface area (Å²) in [6, 6.07) is 10.2. The molecule has 3 nitrogen and oxygen atoms in total. The molecule has 1 N–H and O–H groups in total. The molecule has 2 aliphatic rings. The number of aromatic nitrogens is 1. The van der Waals surface area contributed by atoms with E-state index in [1.165, 1.54) is 12.8 Å². The Morgan fingerprint density at radius 1 is 1.24 bits per heavy atom. The van der Waals surface area contributed by atoms with Gasteiger partial charge in [-0.15, -0.1) is 11.3 Å². The van der Waals surface area contributed by atoms with Gasteiger partial charge in [-0.1, -0.05) is 36.8 Å². The Kier molecular flexibility index (Phi) is 3.07. The van der Waals surface area contributed by atoms with Crippen LogP contribution in [-0.4, -0.2) is 10.9 Å². The van der Waals surface area contributed by atoms with Crippen molar-refractivity contribution in [3.05, 3.63) is 47.0 Å². The van der Waals surface area contributed by atoms with Crippen molar-refractivity contribution in [2.45, 2.75) is 43.4 Å². The van der Waals surface area contributed by atoms with Gasteiger partial charge in [-0.25, -0.2) is 4.98 Å². The Labute approximate surface area is 128 Å². The van der Waals surface area contributed by atoms with E-state index in [1.54, 1.807) is 11.3 Å². The predicted octanol–water partition coefficient (Wildman–Crippen LogP) is 4.08. The van der Waals surface area contributed by atoms with Crippen LogP contribution in [0.5, 0.6) is 0 Å². The number of amides is 1. The zero-order chi connectivity index (χ0) is 14.3. The van der Waals surface area contributed by atoms with Crippen molar-refractivity contribution in [2.75, 3.05) is 5.32 Å². The molecule has 108 valence electrons. The molecule has 2 aromatic rings. The normalized spacial score (nSPS) is 19.8. The van der Waals surface area contributed by atoms with E-state index < -0.39 is 0 Å². The van der Waals surface area contributed by atoms with E-state index in [-0.39, 0.29) is 11.3 Å². The minimum Gasteiger partial charge on any atom is -0.301 e. The fraction of sp³-hybridized carbons (Fsp3) is 0.412. The van der Waals surface area contributed by atoms with Crippen molar-refractivity contribution in [1.29, 1.82) is 0 Å². The van der Waals surface area contributed by atoms with Gasteiger partial charge in [0.1, 0.15) is 0 Å². The molecule has 0 spiro atoms. The lowest BCUT2D eigenvalue weighted by Gasteiger charge is -2.40. The Balaban J connectivity index is 1.54. The number of anilines is 1. The second kappa shape index (κ2) is 4.95. The molecule has 4 heteroatoms. The Bertz CT molecular complexity index is 656. The Hall–Kier alpha value is -1.68. The van der Waals surface area contributed by atoms with Crippen molar-refractivity contribution in [3.8, 4) is 0 Å². The summed E-state index contributed by atoms with van der Waals surface area (Å²) in [6.07, 6.45) is 5.47. The third-order valence-electron chi connectivity index (χ3n) is 4.71. The molecule has 1 aromatic carbocycles. The topological polar surface area (TPSA) is 42.0 Å². The molecular weight excluding hydrogens is 280 g/mol. The van der Waals surface area contributed by atoms with Crippen molar-refractivity contribution in [2.24, 2.45) is 0 Å². The third-order valence-corrected chi connectivity index (χ3v) is 5.48. The number of carbonyl (C=O) groups excluding carboxylic acids is 1. The second-order valence-corrected chi connectivity index (χ2v) is 6.97. The summed E-state index contributed by atoms with van der Waals surface area (Å²) in [6.45, 7) is 0. The van der Waals surface area contributed by atoms with Gasteiger partial charge in [0.05, 0.1) is 11.1 Å². The van der Waals surface area contributed by atoms with Crippen LogP contribution in [0.15, 0.2) is 35.7 Å². The lowest BCUT2D eigenvalue weighted by atomic mass is 9.64. The van der Waals surface area contributed by atoms with Crippen LogP contribution in [0.3, 0.4) is 0 Å². The van der Waals surface area contributed by atoms with Crippen LogP contribution in [-0.2, 0) is 10.2 Å². The summed E-state index contributed by atoms with van der Waals surface area (Å²) in [5.74, 6) is 0.746. The number of benzene rings is 1. The van der Waals surface area contributed by atoms with Crippen molar-refractivity contribution >= 4 is 22.4 Å². The molecule has 0 atom stereocenters. The van der Waals surface area contributed by atoms with E-state index in [0.717, 1.165) is 35.7 Å². The molecule has 0 saturated heterocycles. The van der Waals surface area contributed by atoms with E-state index in [2.05, 4.69) is 27.8 Å². The van der Waals surface area contributed by atoms with Crippen molar-refractivity contribution in [1.82, 2.24) is 4.98 Å². The van der Waals surface area contributed by atoms with Crippen LogP contribution in [0, 0.1) is 0 Å². The van der Waals surface area contributed by atoms with Crippen LogP contribution < -0.4 is 5.32 Å². The summed E-state index contributed by atoms with van der Waals surface area (Å²) in [4.78, 5) is 17.3. The standard InChI is InChI=1S/C17H18N2OS/c20-15(19-16-18-14(11-21-16)12-7-8-12)17(9-4-10-17)13-5-2-1-3-6-13/h1-3,5-6,11-12H,4,7-10H2,(H,18,19,20). The van der Waals surface area contributed by atoms with Crippen molar-refractivity contribution < 1.29 is 4.79 Å². The maximum Gasteiger partial charge on any atom is 0.236 e. The number of hydrogen-bond donors (Lipinski definition) is 1. The number of rotatable bonds is 4. The van der Waals surface area contributed by atoms with E-state index in [4.69, 9.17) is 0 Å². The molecule has 4 rings (SSSR count). The molecule has 2 fully saturated rings. The lowest BCUT2D eigenvalue weighted by molar-refractivity contribution is -0.124. The maximum atomic E-state index is 12.8. The zero-order valence-corrected chi connectivity index (χ0v) is 12.7. The first-order chi connectivity index (χ1) is 10.3. The minimum absolute atomic E-state index is 0.108. The highest BCUT2D eigenvalue weighted by Gasteiger charge is 2.45. The molecule has 2 saturated carbocycles. The van der Waals surface area contributed by atoms with Gasteiger partial charge in [0.2, 0.25) is 5.91 Å². The highest BCUT2D eigenvalue weighted by Crippen LogP contribution is 2.45. The summed E-state index contributed by atoms with van der Waals surface area (Å²) >= 11 is 1.55. The quantitative estimate of drug-likeness (QED) is 0.924. The van der Waals surface area contributed by atoms with Gasteiger partial charge in [0.15, 0.2) is 5.13 Å². The van der Waals surface area contributed by atoms with Gasteiger partial charge in [-0.2, -0.15) is 0 Å². The number of carbonyl (C=O) groups is 1. The number of thiazole rings is 1. The average Bonchev–Trinajstić information content (AvgIpc) is 3.20. The van der Waals surface area contributed by atoms with Crippen LogP contribution in [0.4, 0.5) is 5.13 Å². The second-order valence-electron chi connectivity index (χ2n) is 6.11. The predicted molar refractivity (Wildman–Crippen MR) is 84.7 cm³/mol. The Morgan fingerprint density at radius 3 is 2.62 bits per heavy atom. The first-order valence-corrected chi connectivity index (χ1v) is 8.48. The molecule has 0 bridgehead atoms. The summed E-state index contributed by atoms with van der Waals surface area (Å²) in [7, 11) is 0. The SMILES string of the molecule is O=C(Nc1nc(C2CC2)cs1)C1(c2ccccc2)CCC1. The smallest absolute Gasteiger partial charge is 0.236 e. The average molecular weight is 298 g/mol. The highest BCUT2D eigenvalue weighted by molar-refractivity contribution is 7.14. The summed E-state index contributed by atoms with van der Waals surface area (Å²) < 4.78 is 0. The van der Waals surface area contributed by atoms with E-state index in [9.17, 15) is 4.79 Å². The molecule has 1 aromatic heterocycles. The van der Waals surface area contributed by atoms with Gasteiger partial charge >= 0.3 is 0 Å². The lowest BCUT2D eigenvalue weighted by Crippen LogP contribution is -2.45. The molecule has 21 heavy (non-hydrogen) atoms. The first-order valence-electron chi connectivity index (χ1n) is 7.60. The number of nitrogens with zero attached hydrogens (tertiary/aromatic N) is 1. The maximum absolute atomic E-state index is 12.8. The largest absolute Gasteiger partial charge is 0.301 e. The Morgan fingerprint density at radius 2 is 2.00 bits per heavy atom. The van der Waals surface area contributed by atoms with Crippen LogP contribution in [0.2, 0.25) is 0 Å². The molecule has 0 aliphatic heterocycles. The number of nitrogens with one attached hydrogen (secondary N) is 1. The van der Waals surface area contributed by atoms with Crippen LogP contribution in [0.1, 0.15) is 49.3 Å². The van der Waals surface area contributed by atoms with Crippen LogP contribution in [0.25, 0.3) is 0 Å². The summed E-state index contributed by atoms with van der Waals surface area (Å²) in [5, 5.41) is 5.90. The number of hydrogen-bond acceptors (Lipinski definition) is 3. The molecule has 0 radical (unpaired) electrons. The van der Waals surface area contributed by atoms with Gasteiger partial charge < -0.3 is 5.32 Å². The molecule has 0 unspecified atom stereocenters. The van der Waals surface area contributed by atoms with Gasteiger partial charge in [-0.3, -0.25) is 4.79 Å². The third kappa shape index (κ3) is 2.27. The van der Waals surface area contributed by atoms with Gasteiger partial charge in [0.25, 0.3) is 0 Å². The first kappa shape index (κ1) is 13.0. The molecule has 2 aliphatic carbocycles. The van der Waals surface area contributed by atoms with E-state index in [1.807, 2.05) is 18.2 Å². The summed E-state index contributed by atoms with van der Waals surface area (Å²) in [5.41, 5.74) is 1.94. The monoisotopic (exact) mass is 298 g/mol. The fourth-order valence-electron chi connectivity index (χ4n) is 3.06. The van der Waals surface area contributed by atoms with Gasteiger partial charge in [-0.05, 0) is 31.2 Å². The van der Waals surface area contributed by atoms with Crippen LogP contribution >= 0.6 is 11.3 Å². The zero-order valence-electron chi connectivity index (χ0n) is 11.8. The highest BCUT2D eigenvalue weighted by atomic mass is 32.1. The van der Waals surface area contributed by atoms with E-state index in [0.29, 0.717) is 5.92 Å². The van der Waals surface area contributed by atoms with E-state index >= 15 is 0 Å². The van der Waals surface area contributed by atoms with Gasteiger partial charge in [0, 0.05) is 11.3 Å². The van der Waals surface area contributed by atoms with Crippen molar-refractivity contribution in [3.63, 3.8) is 0 Å². The fourth-order valence-corrected chi connectivity index (χ4v) is 3.85. The molecular formula is C17H18N2OS. The molecule has 1 amide bonds. The molecule has 1 heterocycles.